The third-order valence-corrected chi connectivity index (χ3v) is 5.90. The Morgan fingerprint density at radius 1 is 1.29 bits per heavy atom. The van der Waals surface area contributed by atoms with Crippen molar-refractivity contribution >= 4 is 34.1 Å². The topological polar surface area (TPSA) is 86.8 Å². The summed E-state index contributed by atoms with van der Waals surface area (Å²) in [5, 5.41) is 5.78. The molecule has 0 radical (unpaired) electrons. The van der Waals surface area contributed by atoms with Crippen LogP contribution in [-0.2, 0) is 24.7 Å². The number of aromatic nitrogens is 1. The number of benzene rings is 1. The minimum atomic E-state index is -1.21. The van der Waals surface area contributed by atoms with Crippen LogP contribution in [0.25, 0.3) is 0 Å². The van der Waals surface area contributed by atoms with Gasteiger partial charge in [0.2, 0.25) is 0 Å². The van der Waals surface area contributed by atoms with Crippen LogP contribution in [0.4, 0.5) is 10.8 Å². The van der Waals surface area contributed by atoms with Gasteiger partial charge in [-0.1, -0.05) is 0 Å². The molecule has 2 saturated heterocycles. The molecule has 2 aliphatic rings. The second-order valence-electron chi connectivity index (χ2n) is 7.42. The Morgan fingerprint density at radius 2 is 2.04 bits per heavy atom. The molecule has 0 amide bonds. The van der Waals surface area contributed by atoms with Crippen molar-refractivity contribution in [2.75, 3.05) is 11.9 Å². The lowest BCUT2D eigenvalue weighted by Crippen LogP contribution is -2.31. The second kappa shape index (κ2) is 6.77. The highest BCUT2D eigenvalue weighted by Crippen LogP contribution is 2.52. The fourth-order valence-electron chi connectivity index (χ4n) is 3.85. The Bertz CT molecular complexity index is 912. The first-order valence-corrected chi connectivity index (χ1v) is 10.1. The molecule has 0 aliphatic carbocycles. The van der Waals surface area contributed by atoms with E-state index in [0.717, 1.165) is 11.4 Å². The van der Waals surface area contributed by atoms with E-state index in [-0.39, 0.29) is 12.5 Å². The lowest BCUT2D eigenvalue weighted by Gasteiger charge is -2.20. The van der Waals surface area contributed by atoms with E-state index in [1.165, 1.54) is 11.3 Å². The number of esters is 2. The van der Waals surface area contributed by atoms with Gasteiger partial charge in [0, 0.05) is 23.9 Å². The fraction of sp³-hybridized carbons (Fsp3) is 0.450. The molecular weight excluding hydrogens is 380 g/mol. The zero-order chi connectivity index (χ0) is 19.9. The Morgan fingerprint density at radius 3 is 2.68 bits per heavy atom. The van der Waals surface area contributed by atoms with Crippen LogP contribution in [-0.4, -0.2) is 29.6 Å². The van der Waals surface area contributed by atoms with Crippen molar-refractivity contribution in [3.05, 3.63) is 35.3 Å². The van der Waals surface area contributed by atoms with Crippen LogP contribution >= 0.6 is 11.3 Å². The number of ether oxygens (including phenoxy) is 3. The third-order valence-electron chi connectivity index (χ3n) is 5.15. The lowest BCUT2D eigenvalue weighted by molar-refractivity contribution is -0.160. The quantitative estimate of drug-likeness (QED) is 0.602. The molecule has 7 nitrogen and oxygen atoms in total. The van der Waals surface area contributed by atoms with Crippen molar-refractivity contribution in [2.45, 2.75) is 45.3 Å². The van der Waals surface area contributed by atoms with E-state index in [2.05, 4.69) is 10.3 Å². The number of nitrogens with one attached hydrogen (secondary N) is 1. The van der Waals surface area contributed by atoms with Crippen LogP contribution in [0.3, 0.4) is 0 Å². The predicted molar refractivity (Wildman–Crippen MR) is 104 cm³/mol. The normalized spacial score (nSPS) is 29.0. The molecule has 1 N–H and O–H groups in total. The molecule has 1 spiro atoms. The summed E-state index contributed by atoms with van der Waals surface area (Å²) in [4.78, 5) is 29.4. The molecule has 3 heterocycles. The molecule has 0 saturated carbocycles. The minimum Gasteiger partial charge on any atom is -0.494 e. The lowest BCUT2D eigenvalue weighted by atomic mass is 9.78. The summed E-state index contributed by atoms with van der Waals surface area (Å²) in [5.41, 5.74) is -0.651. The standard InChI is InChI=1S/C20H22N2O5S/c1-4-25-14-7-5-13(6-8-14)21-18-22-15(10-28-18)19(3)11-20(17(24)27-19)9-12(2)26-16(20)23/h5-8,10,12H,4,9,11H2,1-3H3,(H,21,22)/t12-,19-,20-/m1/s1. The van der Waals surface area contributed by atoms with E-state index in [4.69, 9.17) is 14.2 Å². The molecule has 2 fully saturated rings. The average molecular weight is 402 g/mol. The highest BCUT2D eigenvalue weighted by molar-refractivity contribution is 7.13. The maximum absolute atomic E-state index is 12.6. The summed E-state index contributed by atoms with van der Waals surface area (Å²) >= 11 is 1.42. The largest absolute Gasteiger partial charge is 0.494 e. The smallest absolute Gasteiger partial charge is 0.324 e. The van der Waals surface area contributed by atoms with Crippen molar-refractivity contribution in [3.63, 3.8) is 0 Å². The SMILES string of the molecule is CCOc1ccc(Nc2nc([C@@]3(C)C[C@@]4(C[C@@H](C)OC4=O)C(=O)O3)cs2)cc1. The van der Waals surface area contributed by atoms with Gasteiger partial charge in [0.05, 0.1) is 12.3 Å². The van der Waals surface area contributed by atoms with E-state index < -0.39 is 23.0 Å². The van der Waals surface area contributed by atoms with Gasteiger partial charge in [0.1, 0.15) is 11.9 Å². The van der Waals surface area contributed by atoms with E-state index in [1.807, 2.05) is 36.6 Å². The molecule has 0 unspecified atom stereocenters. The Balaban J connectivity index is 1.51. The fourth-order valence-corrected chi connectivity index (χ4v) is 4.70. The summed E-state index contributed by atoms with van der Waals surface area (Å²) in [6.45, 7) is 6.15. The summed E-state index contributed by atoms with van der Waals surface area (Å²) in [6, 6.07) is 7.59. The number of anilines is 2. The highest BCUT2D eigenvalue weighted by atomic mass is 32.1. The summed E-state index contributed by atoms with van der Waals surface area (Å²) in [5.74, 6) is -0.198. The van der Waals surface area contributed by atoms with Crippen molar-refractivity contribution in [1.29, 1.82) is 0 Å². The first kappa shape index (κ1) is 18.7. The summed E-state index contributed by atoms with van der Waals surface area (Å²) < 4.78 is 16.3. The van der Waals surface area contributed by atoms with E-state index in [1.54, 1.807) is 13.8 Å². The van der Waals surface area contributed by atoms with E-state index in [0.29, 0.717) is 23.9 Å². The molecular formula is C20H22N2O5S. The number of hydrogen-bond acceptors (Lipinski definition) is 8. The van der Waals surface area contributed by atoms with Crippen molar-refractivity contribution in [2.24, 2.45) is 5.41 Å². The van der Waals surface area contributed by atoms with Crippen LogP contribution in [0.1, 0.15) is 39.3 Å². The van der Waals surface area contributed by atoms with Crippen molar-refractivity contribution < 1.29 is 23.8 Å². The molecule has 8 heteroatoms. The van der Waals surface area contributed by atoms with Crippen LogP contribution in [0, 0.1) is 5.41 Å². The van der Waals surface area contributed by atoms with E-state index >= 15 is 0 Å². The highest BCUT2D eigenvalue weighted by Gasteiger charge is 2.65. The Kier molecular flexibility index (Phi) is 4.53. The van der Waals surface area contributed by atoms with Gasteiger partial charge in [0.25, 0.3) is 0 Å². The van der Waals surface area contributed by atoms with Crippen LogP contribution < -0.4 is 10.1 Å². The molecule has 4 rings (SSSR count). The van der Waals surface area contributed by atoms with Crippen molar-refractivity contribution in [1.82, 2.24) is 4.98 Å². The summed E-state index contributed by atoms with van der Waals surface area (Å²) in [6.07, 6.45) is 0.311. The first-order chi connectivity index (χ1) is 13.3. The first-order valence-electron chi connectivity index (χ1n) is 9.25. The number of hydrogen-bond donors (Lipinski definition) is 1. The molecule has 2 aliphatic heterocycles. The molecule has 28 heavy (non-hydrogen) atoms. The maximum atomic E-state index is 12.6. The number of carbonyl (C=O) groups is 2. The molecule has 0 bridgehead atoms. The number of thiazole rings is 1. The van der Waals surface area contributed by atoms with Gasteiger partial charge in [-0.15, -0.1) is 11.3 Å². The van der Waals surface area contributed by atoms with Gasteiger partial charge in [-0.3, -0.25) is 9.59 Å². The van der Waals surface area contributed by atoms with Gasteiger partial charge in [0.15, 0.2) is 16.1 Å². The van der Waals surface area contributed by atoms with Gasteiger partial charge in [-0.05, 0) is 45.0 Å². The number of cyclic esters (lactones) is 2. The Hall–Kier alpha value is -2.61. The van der Waals surface area contributed by atoms with E-state index in [9.17, 15) is 9.59 Å². The molecule has 1 aromatic heterocycles. The number of nitrogens with zero attached hydrogens (tertiary/aromatic N) is 1. The van der Waals surface area contributed by atoms with Crippen molar-refractivity contribution in [3.8, 4) is 5.75 Å². The second-order valence-corrected chi connectivity index (χ2v) is 8.28. The van der Waals surface area contributed by atoms with Gasteiger partial charge in [-0.2, -0.15) is 0 Å². The van der Waals surface area contributed by atoms with Gasteiger partial charge >= 0.3 is 11.9 Å². The molecule has 1 aromatic carbocycles. The molecule has 3 atom stereocenters. The average Bonchev–Trinajstić information content (AvgIpc) is 3.29. The van der Waals surface area contributed by atoms with Crippen LogP contribution in [0.2, 0.25) is 0 Å². The maximum Gasteiger partial charge on any atom is 0.324 e. The minimum absolute atomic E-state index is 0.244. The summed E-state index contributed by atoms with van der Waals surface area (Å²) in [7, 11) is 0. The Labute approximate surface area is 167 Å². The number of rotatable bonds is 5. The van der Waals surface area contributed by atoms with Gasteiger partial charge < -0.3 is 19.5 Å². The van der Waals surface area contributed by atoms with Crippen LogP contribution in [0.5, 0.6) is 5.75 Å². The predicted octanol–water partition coefficient (Wildman–Crippen LogP) is 3.77. The molecule has 148 valence electrons. The molecule has 2 aromatic rings. The monoisotopic (exact) mass is 402 g/mol. The van der Waals surface area contributed by atoms with Crippen LogP contribution in [0.15, 0.2) is 29.6 Å². The third kappa shape index (κ3) is 3.11. The zero-order valence-corrected chi connectivity index (χ0v) is 16.8. The zero-order valence-electron chi connectivity index (χ0n) is 16.0. The number of carbonyl (C=O) groups excluding carboxylic acids is 2. The van der Waals surface area contributed by atoms with Gasteiger partial charge in [-0.25, -0.2) is 4.98 Å².